The first-order valence-corrected chi connectivity index (χ1v) is 15.9. The molecule has 0 aliphatic carbocycles. The summed E-state index contributed by atoms with van der Waals surface area (Å²) in [5, 5.41) is 0. The highest BCUT2D eigenvalue weighted by atomic mass is 15.1. The standard InChI is InChI=1S/C32H62N2/c1-4-7-10-12-14-15-16-18-20-23-29-34-30-28-33-32(34)27-26-31(24-21-9-6-3)25-22-19-17-13-11-8-5-2/h28,30-31H,4-27,29H2,1-3H3/p+1. The van der Waals surface area contributed by atoms with Crippen molar-refractivity contribution in [3.05, 3.63) is 18.2 Å². The smallest absolute Gasteiger partial charge is 0.248 e. The lowest BCUT2D eigenvalue weighted by molar-refractivity contribution is -0.703. The van der Waals surface area contributed by atoms with E-state index >= 15 is 0 Å². The quantitative estimate of drug-likeness (QED) is 0.101. The van der Waals surface area contributed by atoms with Crippen molar-refractivity contribution in [3.63, 3.8) is 0 Å². The van der Waals surface area contributed by atoms with E-state index in [1.165, 1.54) is 166 Å². The number of nitrogens with zero attached hydrogens (tertiary/aromatic N) is 1. The fourth-order valence-corrected chi connectivity index (χ4v) is 5.44. The van der Waals surface area contributed by atoms with Crippen molar-refractivity contribution in [2.24, 2.45) is 5.92 Å². The van der Waals surface area contributed by atoms with Crippen LogP contribution >= 0.6 is 0 Å². The van der Waals surface area contributed by atoms with E-state index in [4.69, 9.17) is 0 Å². The lowest BCUT2D eigenvalue weighted by atomic mass is 9.90. The summed E-state index contributed by atoms with van der Waals surface area (Å²) < 4.78 is 2.52. The Hall–Kier alpha value is -0.790. The number of aryl methyl sites for hydroxylation is 2. The van der Waals surface area contributed by atoms with Crippen LogP contribution in [0.1, 0.15) is 174 Å². The predicted molar refractivity (Wildman–Crippen MR) is 151 cm³/mol. The Labute approximate surface area is 215 Å². The van der Waals surface area contributed by atoms with Crippen LogP contribution in [0.4, 0.5) is 0 Å². The number of unbranched alkanes of at least 4 members (excludes halogenated alkanes) is 17. The lowest BCUT2D eigenvalue weighted by Gasteiger charge is -2.16. The highest BCUT2D eigenvalue weighted by molar-refractivity contribution is 4.79. The summed E-state index contributed by atoms with van der Waals surface area (Å²) >= 11 is 0. The summed E-state index contributed by atoms with van der Waals surface area (Å²) in [6.45, 7) is 8.15. The maximum atomic E-state index is 3.57. The molecular weight excluding hydrogens is 412 g/mol. The monoisotopic (exact) mass is 475 g/mol. The van der Waals surface area contributed by atoms with Gasteiger partial charge in [-0.05, 0) is 25.2 Å². The van der Waals surface area contributed by atoms with Crippen molar-refractivity contribution in [2.75, 3.05) is 0 Å². The van der Waals surface area contributed by atoms with E-state index in [0.29, 0.717) is 0 Å². The minimum atomic E-state index is 0.927. The van der Waals surface area contributed by atoms with Crippen LogP contribution in [0.5, 0.6) is 0 Å². The molecule has 1 heterocycles. The van der Waals surface area contributed by atoms with Crippen LogP contribution in [0, 0.1) is 5.92 Å². The number of rotatable bonds is 26. The molecule has 0 fully saturated rings. The van der Waals surface area contributed by atoms with Gasteiger partial charge in [0.05, 0.1) is 6.54 Å². The summed E-state index contributed by atoms with van der Waals surface area (Å²) in [6, 6.07) is 0. The van der Waals surface area contributed by atoms with Crippen molar-refractivity contribution >= 4 is 0 Å². The molecule has 0 aliphatic rings. The Morgan fingerprint density at radius 1 is 0.559 bits per heavy atom. The van der Waals surface area contributed by atoms with Crippen molar-refractivity contribution in [2.45, 2.75) is 181 Å². The molecule has 1 N–H and O–H groups in total. The van der Waals surface area contributed by atoms with Crippen molar-refractivity contribution in [1.82, 2.24) is 4.98 Å². The fraction of sp³-hybridized carbons (Fsp3) is 0.906. The van der Waals surface area contributed by atoms with Crippen LogP contribution in [0.2, 0.25) is 0 Å². The van der Waals surface area contributed by atoms with E-state index in [1.54, 1.807) is 0 Å². The number of hydrogen-bond donors (Lipinski definition) is 1. The van der Waals surface area contributed by atoms with Gasteiger partial charge in [-0.2, -0.15) is 0 Å². The Bertz CT molecular complexity index is 521. The third-order valence-electron chi connectivity index (χ3n) is 7.82. The van der Waals surface area contributed by atoms with Crippen molar-refractivity contribution < 1.29 is 4.57 Å². The largest absolute Gasteiger partial charge is 0.254 e. The second-order valence-electron chi connectivity index (χ2n) is 11.1. The van der Waals surface area contributed by atoms with E-state index < -0.39 is 0 Å². The molecule has 0 radical (unpaired) electrons. The Balaban J connectivity index is 2.22. The molecule has 0 spiro atoms. The molecule has 2 heteroatoms. The number of nitrogens with one attached hydrogen (secondary N) is 1. The Morgan fingerprint density at radius 2 is 1.00 bits per heavy atom. The topological polar surface area (TPSA) is 19.7 Å². The van der Waals surface area contributed by atoms with Crippen LogP contribution in [0.25, 0.3) is 0 Å². The van der Waals surface area contributed by atoms with Gasteiger partial charge in [0.15, 0.2) is 0 Å². The highest BCUT2D eigenvalue weighted by Crippen LogP contribution is 2.23. The average molecular weight is 476 g/mol. The molecule has 0 saturated heterocycles. The summed E-state index contributed by atoms with van der Waals surface area (Å²) in [5.74, 6) is 2.40. The Kier molecular flexibility index (Phi) is 22.0. The predicted octanol–water partition coefficient (Wildman–Crippen LogP) is 10.5. The summed E-state index contributed by atoms with van der Waals surface area (Å²) in [6.07, 6.45) is 38.4. The zero-order valence-corrected chi connectivity index (χ0v) is 23.9. The van der Waals surface area contributed by atoms with E-state index in [1.807, 2.05) is 0 Å². The number of H-pyrrole nitrogens is 1. The number of hydrogen-bond acceptors (Lipinski definition) is 0. The van der Waals surface area contributed by atoms with Crippen LogP contribution in [-0.2, 0) is 13.0 Å². The van der Waals surface area contributed by atoms with Gasteiger partial charge in [0, 0.05) is 6.42 Å². The van der Waals surface area contributed by atoms with Gasteiger partial charge in [0.25, 0.3) is 5.82 Å². The molecule has 0 aliphatic heterocycles. The molecule has 1 unspecified atom stereocenters. The second-order valence-corrected chi connectivity index (χ2v) is 11.1. The first kappa shape index (κ1) is 31.2. The molecule has 0 aromatic carbocycles. The van der Waals surface area contributed by atoms with Crippen LogP contribution in [0.3, 0.4) is 0 Å². The van der Waals surface area contributed by atoms with Gasteiger partial charge < -0.3 is 0 Å². The molecule has 1 aromatic heterocycles. The van der Waals surface area contributed by atoms with Gasteiger partial charge in [0.1, 0.15) is 12.4 Å². The SMILES string of the molecule is CCCCCCCCCCCC[n+]1cc[nH]c1CCC(CCCCC)CCCCCCCCC. The van der Waals surface area contributed by atoms with E-state index in [9.17, 15) is 0 Å². The maximum absolute atomic E-state index is 3.57. The summed E-state index contributed by atoms with van der Waals surface area (Å²) in [7, 11) is 0. The van der Waals surface area contributed by atoms with E-state index in [0.717, 1.165) is 5.92 Å². The maximum Gasteiger partial charge on any atom is 0.254 e. The zero-order chi connectivity index (χ0) is 24.5. The average Bonchev–Trinajstić information content (AvgIpc) is 3.30. The van der Waals surface area contributed by atoms with Gasteiger partial charge in [0.2, 0.25) is 0 Å². The van der Waals surface area contributed by atoms with Gasteiger partial charge in [-0.15, -0.1) is 0 Å². The van der Waals surface area contributed by atoms with Crippen molar-refractivity contribution in [1.29, 1.82) is 0 Å². The number of aromatic nitrogens is 2. The van der Waals surface area contributed by atoms with Gasteiger partial charge in [-0.25, -0.2) is 9.55 Å². The summed E-state index contributed by atoms with van der Waals surface area (Å²) in [4.78, 5) is 3.57. The minimum absolute atomic E-state index is 0.927. The molecule has 1 aromatic rings. The van der Waals surface area contributed by atoms with Crippen LogP contribution in [-0.4, -0.2) is 4.98 Å². The fourth-order valence-electron chi connectivity index (χ4n) is 5.44. The molecule has 34 heavy (non-hydrogen) atoms. The van der Waals surface area contributed by atoms with Gasteiger partial charge in [-0.3, -0.25) is 0 Å². The Morgan fingerprint density at radius 3 is 1.56 bits per heavy atom. The van der Waals surface area contributed by atoms with Crippen molar-refractivity contribution in [3.8, 4) is 0 Å². The lowest BCUT2D eigenvalue weighted by Crippen LogP contribution is -2.36. The molecule has 1 atom stereocenters. The molecule has 0 amide bonds. The van der Waals surface area contributed by atoms with E-state index in [-0.39, 0.29) is 0 Å². The normalized spacial score (nSPS) is 12.4. The minimum Gasteiger partial charge on any atom is -0.248 e. The summed E-state index contributed by atoms with van der Waals surface area (Å²) in [5.41, 5.74) is 0. The van der Waals surface area contributed by atoms with Crippen LogP contribution in [0.15, 0.2) is 12.4 Å². The molecule has 1 rings (SSSR count). The molecule has 200 valence electrons. The molecular formula is C32H63N2+. The van der Waals surface area contributed by atoms with Crippen LogP contribution < -0.4 is 4.57 Å². The first-order chi connectivity index (χ1) is 16.8. The van der Waals surface area contributed by atoms with E-state index in [2.05, 4.69) is 42.7 Å². The first-order valence-electron chi connectivity index (χ1n) is 15.9. The zero-order valence-electron chi connectivity index (χ0n) is 23.9. The molecule has 0 bridgehead atoms. The number of aromatic amines is 1. The second kappa shape index (κ2) is 23.9. The van der Waals surface area contributed by atoms with Gasteiger partial charge in [-0.1, -0.05) is 149 Å². The molecule has 0 saturated carbocycles. The molecule has 2 nitrogen and oxygen atoms in total. The third kappa shape index (κ3) is 17.6. The third-order valence-corrected chi connectivity index (χ3v) is 7.82. The number of imidazole rings is 1. The van der Waals surface area contributed by atoms with Gasteiger partial charge >= 0.3 is 0 Å². The highest BCUT2D eigenvalue weighted by Gasteiger charge is 2.15.